The molecule has 0 saturated heterocycles. The SMILES string of the molecule is COCCCC(OC(=O)Nc1cc(OC)ccc1[N+](=O)[O-])C(C)(C)C. The molecule has 0 heterocycles. The van der Waals surface area contributed by atoms with Gasteiger partial charge in [-0.2, -0.15) is 0 Å². The fraction of sp³-hybridized carbons (Fsp3) is 0.588. The summed E-state index contributed by atoms with van der Waals surface area (Å²) in [5.41, 5.74) is -0.478. The maximum absolute atomic E-state index is 12.2. The first-order valence-corrected chi connectivity index (χ1v) is 7.98. The van der Waals surface area contributed by atoms with E-state index in [9.17, 15) is 14.9 Å². The van der Waals surface area contributed by atoms with Gasteiger partial charge in [0.1, 0.15) is 17.5 Å². The summed E-state index contributed by atoms with van der Waals surface area (Å²) in [4.78, 5) is 22.8. The average molecular weight is 354 g/mol. The first kappa shape index (κ1) is 20.7. The number of ether oxygens (including phenoxy) is 3. The van der Waals surface area contributed by atoms with E-state index in [1.54, 1.807) is 7.11 Å². The summed E-state index contributed by atoms with van der Waals surface area (Å²) >= 11 is 0. The molecule has 25 heavy (non-hydrogen) atoms. The zero-order chi connectivity index (χ0) is 19.0. The van der Waals surface area contributed by atoms with E-state index in [4.69, 9.17) is 14.2 Å². The van der Waals surface area contributed by atoms with E-state index in [0.717, 1.165) is 6.42 Å². The average Bonchev–Trinajstić information content (AvgIpc) is 2.52. The lowest BCUT2D eigenvalue weighted by atomic mass is 9.86. The minimum absolute atomic E-state index is 0.0268. The maximum atomic E-state index is 12.2. The van der Waals surface area contributed by atoms with Crippen LogP contribution in [-0.2, 0) is 9.47 Å². The van der Waals surface area contributed by atoms with Crippen molar-refractivity contribution in [2.45, 2.75) is 39.7 Å². The number of nitro benzene ring substituents is 1. The number of carbonyl (C=O) groups is 1. The molecule has 0 aliphatic carbocycles. The molecular weight excluding hydrogens is 328 g/mol. The van der Waals surface area contributed by atoms with Gasteiger partial charge in [0, 0.05) is 25.8 Å². The third-order valence-corrected chi connectivity index (χ3v) is 3.67. The van der Waals surface area contributed by atoms with Crippen LogP contribution < -0.4 is 10.1 Å². The molecule has 1 unspecified atom stereocenters. The Balaban J connectivity index is 2.87. The second-order valence-electron chi connectivity index (χ2n) is 6.66. The van der Waals surface area contributed by atoms with E-state index in [1.165, 1.54) is 25.3 Å². The van der Waals surface area contributed by atoms with Gasteiger partial charge in [-0.1, -0.05) is 20.8 Å². The zero-order valence-electron chi connectivity index (χ0n) is 15.3. The highest BCUT2D eigenvalue weighted by Gasteiger charge is 2.28. The Morgan fingerprint density at radius 2 is 2.00 bits per heavy atom. The van der Waals surface area contributed by atoms with Gasteiger partial charge in [0.2, 0.25) is 0 Å². The highest BCUT2D eigenvalue weighted by Crippen LogP contribution is 2.30. The molecule has 0 fully saturated rings. The number of nitrogens with zero attached hydrogens (tertiary/aromatic N) is 1. The van der Waals surface area contributed by atoms with Crippen molar-refractivity contribution in [3.05, 3.63) is 28.3 Å². The van der Waals surface area contributed by atoms with Crippen molar-refractivity contribution >= 4 is 17.5 Å². The van der Waals surface area contributed by atoms with Crippen LogP contribution in [0.25, 0.3) is 0 Å². The van der Waals surface area contributed by atoms with E-state index < -0.39 is 11.0 Å². The summed E-state index contributed by atoms with van der Waals surface area (Å²) in [7, 11) is 3.05. The Morgan fingerprint density at radius 3 is 2.52 bits per heavy atom. The van der Waals surface area contributed by atoms with Crippen LogP contribution in [0.15, 0.2) is 18.2 Å². The molecule has 8 heteroatoms. The van der Waals surface area contributed by atoms with Crippen molar-refractivity contribution in [3.63, 3.8) is 0 Å². The number of amides is 1. The summed E-state index contributed by atoms with van der Waals surface area (Å²) in [6, 6.07) is 4.11. The van der Waals surface area contributed by atoms with Gasteiger partial charge < -0.3 is 14.2 Å². The highest BCUT2D eigenvalue weighted by atomic mass is 16.6. The lowest BCUT2D eigenvalue weighted by Gasteiger charge is -2.30. The predicted octanol–water partition coefficient (Wildman–Crippen LogP) is 3.99. The molecule has 8 nitrogen and oxygen atoms in total. The minimum atomic E-state index is -0.742. The Kier molecular flexibility index (Phi) is 7.63. The van der Waals surface area contributed by atoms with Crippen LogP contribution in [0.4, 0.5) is 16.2 Å². The van der Waals surface area contributed by atoms with Crippen LogP contribution in [0.5, 0.6) is 5.75 Å². The quantitative estimate of drug-likeness (QED) is 0.430. The van der Waals surface area contributed by atoms with Crippen molar-refractivity contribution < 1.29 is 23.9 Å². The summed E-state index contributed by atoms with van der Waals surface area (Å²) in [5.74, 6) is 0.397. The molecule has 0 aliphatic heterocycles. The standard InChI is InChI=1S/C17H26N2O6/c1-17(2,3)15(7-6-10-23-4)25-16(20)18-13-11-12(24-5)8-9-14(13)19(21)22/h8-9,11,15H,6-7,10H2,1-5H3,(H,18,20). The van der Waals surface area contributed by atoms with E-state index in [0.29, 0.717) is 18.8 Å². The lowest BCUT2D eigenvalue weighted by molar-refractivity contribution is -0.383. The van der Waals surface area contributed by atoms with Crippen molar-refractivity contribution in [2.75, 3.05) is 26.1 Å². The molecule has 1 rings (SSSR count). The Hall–Kier alpha value is -2.35. The molecule has 1 N–H and O–H groups in total. The molecule has 1 amide bonds. The third kappa shape index (κ3) is 6.58. The summed E-state index contributed by atoms with van der Waals surface area (Å²) in [6.45, 7) is 6.46. The number of benzene rings is 1. The van der Waals surface area contributed by atoms with E-state index >= 15 is 0 Å². The number of hydrogen-bond donors (Lipinski definition) is 1. The summed E-state index contributed by atoms with van der Waals surface area (Å²) in [5, 5.41) is 13.6. The van der Waals surface area contributed by atoms with Crippen molar-refractivity contribution in [2.24, 2.45) is 5.41 Å². The summed E-state index contributed by atoms with van der Waals surface area (Å²) in [6.07, 6.45) is 0.275. The number of nitrogens with one attached hydrogen (secondary N) is 1. The molecule has 140 valence electrons. The predicted molar refractivity (Wildman–Crippen MR) is 94.1 cm³/mol. The van der Waals surface area contributed by atoms with Crippen LogP contribution in [0, 0.1) is 15.5 Å². The molecule has 0 aliphatic rings. The van der Waals surface area contributed by atoms with Gasteiger partial charge in [-0.25, -0.2) is 4.79 Å². The largest absolute Gasteiger partial charge is 0.497 e. The molecule has 1 aromatic carbocycles. The second-order valence-corrected chi connectivity index (χ2v) is 6.66. The first-order chi connectivity index (χ1) is 11.7. The maximum Gasteiger partial charge on any atom is 0.412 e. The number of anilines is 1. The minimum Gasteiger partial charge on any atom is -0.497 e. The lowest BCUT2D eigenvalue weighted by Crippen LogP contribution is -2.33. The van der Waals surface area contributed by atoms with Crippen molar-refractivity contribution in [1.29, 1.82) is 0 Å². The molecular formula is C17H26N2O6. The van der Waals surface area contributed by atoms with Gasteiger partial charge in [0.15, 0.2) is 0 Å². The summed E-state index contributed by atoms with van der Waals surface area (Å²) < 4.78 is 15.6. The smallest absolute Gasteiger partial charge is 0.412 e. The number of rotatable bonds is 8. The number of carbonyl (C=O) groups excluding carboxylic acids is 1. The van der Waals surface area contributed by atoms with Gasteiger partial charge in [-0.15, -0.1) is 0 Å². The molecule has 1 aromatic rings. The molecule has 0 spiro atoms. The van der Waals surface area contributed by atoms with Crippen LogP contribution >= 0.6 is 0 Å². The second kappa shape index (κ2) is 9.22. The molecule has 1 atom stereocenters. The van der Waals surface area contributed by atoms with Crippen LogP contribution in [-0.4, -0.2) is 37.9 Å². The topological polar surface area (TPSA) is 99.9 Å². The monoisotopic (exact) mass is 354 g/mol. The zero-order valence-corrected chi connectivity index (χ0v) is 15.3. The van der Waals surface area contributed by atoms with Gasteiger partial charge in [-0.05, 0) is 24.3 Å². The van der Waals surface area contributed by atoms with Crippen LogP contribution in [0.3, 0.4) is 0 Å². The number of nitro groups is 1. The first-order valence-electron chi connectivity index (χ1n) is 7.98. The van der Waals surface area contributed by atoms with Crippen LogP contribution in [0.1, 0.15) is 33.6 Å². The van der Waals surface area contributed by atoms with E-state index in [-0.39, 0.29) is 22.9 Å². The van der Waals surface area contributed by atoms with Crippen molar-refractivity contribution in [1.82, 2.24) is 0 Å². The van der Waals surface area contributed by atoms with Gasteiger partial charge >= 0.3 is 6.09 Å². The van der Waals surface area contributed by atoms with E-state index in [1.807, 2.05) is 20.8 Å². The molecule has 0 radical (unpaired) electrons. The van der Waals surface area contributed by atoms with Gasteiger partial charge in [0.05, 0.1) is 12.0 Å². The van der Waals surface area contributed by atoms with E-state index in [2.05, 4.69) is 5.32 Å². The van der Waals surface area contributed by atoms with Crippen LogP contribution in [0.2, 0.25) is 0 Å². The molecule has 0 bridgehead atoms. The Morgan fingerprint density at radius 1 is 1.32 bits per heavy atom. The fourth-order valence-electron chi connectivity index (χ4n) is 2.25. The Labute approximate surface area is 147 Å². The molecule has 0 saturated carbocycles. The fourth-order valence-corrected chi connectivity index (χ4v) is 2.25. The third-order valence-electron chi connectivity index (χ3n) is 3.67. The number of hydrogen-bond acceptors (Lipinski definition) is 6. The highest BCUT2D eigenvalue weighted by molar-refractivity contribution is 5.88. The van der Waals surface area contributed by atoms with Gasteiger partial charge in [0.25, 0.3) is 5.69 Å². The number of methoxy groups -OCH3 is 2. The normalized spacial score (nSPS) is 12.4. The van der Waals surface area contributed by atoms with Gasteiger partial charge in [-0.3, -0.25) is 15.4 Å². The van der Waals surface area contributed by atoms with Crippen molar-refractivity contribution in [3.8, 4) is 5.75 Å². The Bertz CT molecular complexity index is 597. The molecule has 0 aromatic heterocycles.